The molecule has 0 aromatic heterocycles. The van der Waals surface area contributed by atoms with Crippen molar-refractivity contribution in [3.63, 3.8) is 0 Å². The smallest absolute Gasteiger partial charge is 0.312 e. The summed E-state index contributed by atoms with van der Waals surface area (Å²) < 4.78 is 11.7. The van der Waals surface area contributed by atoms with Crippen molar-refractivity contribution in [2.24, 2.45) is 11.8 Å². The van der Waals surface area contributed by atoms with Gasteiger partial charge in [0.05, 0.1) is 37.2 Å². The van der Waals surface area contributed by atoms with Crippen LogP contribution in [0.25, 0.3) is 0 Å². The molecule has 8 nitrogen and oxygen atoms in total. The molecule has 1 spiro atoms. The number of benzene rings is 2. The number of esters is 1. The number of amides is 2. The minimum absolute atomic E-state index is 0.163. The number of nitrogens with one attached hydrogen (secondary N) is 1. The highest BCUT2D eigenvalue weighted by molar-refractivity contribution is 9.09. The number of likely N-dealkylation sites (tertiary alicyclic amines) is 1. The van der Waals surface area contributed by atoms with Crippen molar-refractivity contribution >= 4 is 51.0 Å². The normalized spacial score (nSPS) is 31.3. The second kappa shape index (κ2) is 9.78. The predicted octanol–water partition coefficient (Wildman–Crippen LogP) is 3.32. The van der Waals surface area contributed by atoms with Gasteiger partial charge in [0.25, 0.3) is 0 Å². The fourth-order valence-corrected chi connectivity index (χ4v) is 7.05. The van der Waals surface area contributed by atoms with Crippen molar-refractivity contribution in [1.82, 2.24) is 4.90 Å². The highest BCUT2D eigenvalue weighted by atomic mass is 79.9. The van der Waals surface area contributed by atoms with Crippen molar-refractivity contribution in [2.45, 2.75) is 42.0 Å². The van der Waals surface area contributed by atoms with Crippen LogP contribution < -0.4 is 5.32 Å². The molecule has 0 aliphatic carbocycles. The van der Waals surface area contributed by atoms with Gasteiger partial charge in [-0.05, 0) is 43.2 Å². The molecular weight excluding hydrogens is 552 g/mol. The van der Waals surface area contributed by atoms with Crippen molar-refractivity contribution < 1.29 is 29.0 Å². The fraction of sp³-hybridized carbons (Fsp3) is 0.423. The third-order valence-electron chi connectivity index (χ3n) is 7.34. The summed E-state index contributed by atoms with van der Waals surface area (Å²) in [7, 11) is 0. The van der Waals surface area contributed by atoms with Crippen LogP contribution in [0.3, 0.4) is 0 Å². The number of alkyl halides is 1. The van der Waals surface area contributed by atoms with Crippen LogP contribution in [0.2, 0.25) is 5.02 Å². The molecule has 3 aliphatic rings. The van der Waals surface area contributed by atoms with Gasteiger partial charge in [-0.1, -0.05) is 57.9 Å². The number of hydrogen-bond donors (Lipinski definition) is 2. The Kier molecular flexibility index (Phi) is 6.84. The third kappa shape index (κ3) is 3.93. The number of ether oxygens (including phenoxy) is 2. The number of aliphatic hydroxyl groups excluding tert-OH is 1. The highest BCUT2D eigenvalue weighted by Crippen LogP contribution is 2.61. The van der Waals surface area contributed by atoms with Gasteiger partial charge in [-0.3, -0.25) is 14.4 Å². The first-order valence-electron chi connectivity index (χ1n) is 11.8. The van der Waals surface area contributed by atoms with Crippen molar-refractivity contribution in [3.05, 3.63) is 65.2 Å². The number of nitrogens with zero attached hydrogens (tertiary/aromatic N) is 1. The third-order valence-corrected chi connectivity index (χ3v) is 8.44. The first kappa shape index (κ1) is 25.2. The second-order valence-electron chi connectivity index (χ2n) is 9.27. The molecule has 2 amide bonds. The summed E-state index contributed by atoms with van der Waals surface area (Å²) in [6.45, 7) is 1.46. The molecule has 3 aliphatic heterocycles. The lowest BCUT2D eigenvalue weighted by Crippen LogP contribution is -2.54. The van der Waals surface area contributed by atoms with Gasteiger partial charge in [-0.15, -0.1) is 0 Å². The SMILES string of the molecule is CCOC(=O)[C@H]1[C@@H]2O[C@@]3(CC2Br)[C@@H]1C(=O)N([C@H](CO)c1ccccc1)[C@@H]3C(=O)Nc1ccc(Cl)cc1. The maximum Gasteiger partial charge on any atom is 0.312 e. The van der Waals surface area contributed by atoms with Crippen LogP contribution in [-0.4, -0.2) is 63.6 Å². The predicted molar refractivity (Wildman–Crippen MR) is 136 cm³/mol. The number of carbonyl (C=O) groups excluding carboxylic acids is 3. The average molecular weight is 578 g/mol. The van der Waals surface area contributed by atoms with Gasteiger partial charge >= 0.3 is 5.97 Å². The standard InChI is InChI=1S/C26H26BrClN2O6/c1-2-35-25(34)19-20-24(33)30(18(13-31)14-6-4-3-5-7-14)22(26(20)12-17(27)21(19)36-26)23(32)29-16-10-8-15(28)9-11-16/h3-11,17-22,31H,2,12-13H2,1H3,(H,29,32)/t17?,18-,19-,20+,21-,22-,26+/m1/s1. The molecule has 2 bridgehead atoms. The summed E-state index contributed by atoms with van der Waals surface area (Å²) in [6.07, 6.45) is -0.248. The van der Waals surface area contributed by atoms with E-state index in [1.807, 2.05) is 6.07 Å². The van der Waals surface area contributed by atoms with Crippen molar-refractivity contribution in [1.29, 1.82) is 0 Å². The monoisotopic (exact) mass is 576 g/mol. The average Bonchev–Trinajstić information content (AvgIpc) is 3.46. The van der Waals surface area contributed by atoms with Crippen LogP contribution in [0, 0.1) is 11.8 Å². The maximum atomic E-state index is 14.1. The molecule has 3 saturated heterocycles. The summed E-state index contributed by atoms with van der Waals surface area (Å²) >= 11 is 9.61. The zero-order valence-electron chi connectivity index (χ0n) is 19.5. The zero-order chi connectivity index (χ0) is 25.6. The molecule has 36 heavy (non-hydrogen) atoms. The Labute approximate surface area is 222 Å². The van der Waals surface area contributed by atoms with E-state index < -0.39 is 60.0 Å². The molecule has 3 heterocycles. The Balaban J connectivity index is 1.60. The van der Waals surface area contributed by atoms with Crippen LogP contribution in [0.1, 0.15) is 24.9 Å². The Morgan fingerprint density at radius 3 is 2.58 bits per heavy atom. The van der Waals surface area contributed by atoms with Crippen LogP contribution >= 0.6 is 27.5 Å². The van der Waals surface area contributed by atoms with E-state index in [0.29, 0.717) is 22.7 Å². The maximum absolute atomic E-state index is 14.1. The number of rotatable bonds is 7. The van der Waals surface area contributed by atoms with Crippen molar-refractivity contribution in [3.8, 4) is 0 Å². The van der Waals surface area contributed by atoms with Crippen molar-refractivity contribution in [2.75, 3.05) is 18.5 Å². The second-order valence-corrected chi connectivity index (χ2v) is 10.9. The van der Waals surface area contributed by atoms with E-state index in [1.165, 1.54) is 4.90 Å². The summed E-state index contributed by atoms with van der Waals surface area (Å²) in [6, 6.07) is 13.8. The number of aliphatic hydroxyl groups is 1. The van der Waals surface area contributed by atoms with Gasteiger partial charge in [0.2, 0.25) is 11.8 Å². The van der Waals surface area contributed by atoms with E-state index in [1.54, 1.807) is 55.5 Å². The molecule has 2 N–H and O–H groups in total. The van der Waals surface area contributed by atoms with E-state index in [0.717, 1.165) is 0 Å². The first-order valence-corrected chi connectivity index (χ1v) is 13.1. The lowest BCUT2D eigenvalue weighted by Gasteiger charge is -2.37. The fourth-order valence-electron chi connectivity index (χ4n) is 5.98. The lowest BCUT2D eigenvalue weighted by molar-refractivity contribution is -0.155. The lowest BCUT2D eigenvalue weighted by atomic mass is 9.70. The van der Waals surface area contributed by atoms with Crippen LogP contribution in [0.5, 0.6) is 0 Å². The van der Waals surface area contributed by atoms with E-state index >= 15 is 0 Å². The Morgan fingerprint density at radius 1 is 1.25 bits per heavy atom. The summed E-state index contributed by atoms with van der Waals surface area (Å²) in [4.78, 5) is 42.2. The van der Waals surface area contributed by atoms with E-state index in [4.69, 9.17) is 21.1 Å². The number of halogens is 2. The van der Waals surface area contributed by atoms with Crippen LogP contribution in [-0.2, 0) is 23.9 Å². The van der Waals surface area contributed by atoms with Crippen LogP contribution in [0.15, 0.2) is 54.6 Å². The molecule has 1 unspecified atom stereocenters. The van der Waals surface area contributed by atoms with Gasteiger partial charge in [0, 0.05) is 15.5 Å². The summed E-state index contributed by atoms with van der Waals surface area (Å²) in [5.41, 5.74) is -0.0834. The van der Waals surface area contributed by atoms with E-state index in [9.17, 15) is 19.5 Å². The quantitative estimate of drug-likeness (QED) is 0.387. The van der Waals surface area contributed by atoms with E-state index in [2.05, 4.69) is 21.2 Å². The molecule has 0 radical (unpaired) electrons. The van der Waals surface area contributed by atoms with Crippen LogP contribution in [0.4, 0.5) is 5.69 Å². The molecule has 3 fully saturated rings. The molecule has 2 aromatic carbocycles. The molecule has 2 aromatic rings. The largest absolute Gasteiger partial charge is 0.466 e. The number of hydrogen-bond acceptors (Lipinski definition) is 6. The molecule has 10 heteroatoms. The van der Waals surface area contributed by atoms with Gasteiger partial charge in [0.15, 0.2) is 0 Å². The number of carbonyl (C=O) groups is 3. The Hall–Kier alpha value is -2.46. The molecule has 5 rings (SSSR count). The molecule has 0 saturated carbocycles. The zero-order valence-corrected chi connectivity index (χ0v) is 21.8. The highest BCUT2D eigenvalue weighted by Gasteiger charge is 2.77. The first-order chi connectivity index (χ1) is 17.3. The Morgan fingerprint density at radius 2 is 1.94 bits per heavy atom. The molecule has 7 atom stereocenters. The van der Waals surface area contributed by atoms with E-state index in [-0.39, 0.29) is 11.4 Å². The molecule has 190 valence electrons. The Bertz CT molecular complexity index is 1160. The number of anilines is 1. The summed E-state index contributed by atoms with van der Waals surface area (Å²) in [5, 5.41) is 13.8. The van der Waals surface area contributed by atoms with Gasteiger partial charge in [0.1, 0.15) is 11.6 Å². The minimum Gasteiger partial charge on any atom is -0.466 e. The number of fused-ring (bicyclic) bond motifs is 1. The topological polar surface area (TPSA) is 105 Å². The minimum atomic E-state index is -1.26. The molecular formula is C26H26BrClN2O6. The van der Waals surface area contributed by atoms with Gasteiger partial charge in [-0.25, -0.2) is 0 Å². The summed E-state index contributed by atoms with van der Waals surface area (Å²) in [5.74, 6) is -3.16. The van der Waals surface area contributed by atoms with Gasteiger partial charge in [-0.2, -0.15) is 0 Å². The van der Waals surface area contributed by atoms with Gasteiger partial charge < -0.3 is 24.8 Å².